The van der Waals surface area contributed by atoms with Crippen LogP contribution in [0.2, 0.25) is 0 Å². The topological polar surface area (TPSA) is 39.2 Å². The van der Waals surface area contributed by atoms with Gasteiger partial charge in [-0.25, -0.2) is 4.39 Å². The van der Waals surface area contributed by atoms with Crippen LogP contribution in [-0.2, 0) is 6.42 Å². The fourth-order valence-corrected chi connectivity index (χ4v) is 2.00. The lowest BCUT2D eigenvalue weighted by Gasteiger charge is -2.10. The van der Waals surface area contributed by atoms with E-state index >= 15 is 0 Å². The number of hydrogen-bond donors (Lipinski definition) is 1. The quantitative estimate of drug-likeness (QED) is 0.883. The van der Waals surface area contributed by atoms with Gasteiger partial charge >= 0.3 is 0 Å². The van der Waals surface area contributed by atoms with Crippen LogP contribution in [0.3, 0.4) is 0 Å². The Kier molecular flexibility index (Phi) is 3.29. The molecule has 90 valence electrons. The van der Waals surface area contributed by atoms with Crippen molar-refractivity contribution in [2.24, 2.45) is 5.73 Å². The molecule has 0 saturated carbocycles. The molecule has 0 radical (unpaired) electrons. The highest BCUT2D eigenvalue weighted by Gasteiger charge is 2.13. The van der Waals surface area contributed by atoms with Crippen molar-refractivity contribution in [1.29, 1.82) is 0 Å². The first-order chi connectivity index (χ1) is 8.06. The minimum absolute atomic E-state index is 0.113. The standard InChI is InChI=1S/C14H16FNO/c1-9-7-13(10(2)17-9)14(16)8-11-3-5-12(15)6-4-11/h3-7,14H,8,16H2,1-2H3. The third-order valence-electron chi connectivity index (χ3n) is 2.85. The Hall–Kier alpha value is -1.61. The summed E-state index contributed by atoms with van der Waals surface area (Å²) in [6.45, 7) is 3.81. The maximum Gasteiger partial charge on any atom is 0.123 e. The Morgan fingerprint density at radius 3 is 2.41 bits per heavy atom. The second-order valence-corrected chi connectivity index (χ2v) is 4.31. The molecule has 1 atom stereocenters. The van der Waals surface area contributed by atoms with E-state index in [1.54, 1.807) is 12.1 Å². The lowest BCUT2D eigenvalue weighted by atomic mass is 10.00. The van der Waals surface area contributed by atoms with Gasteiger partial charge in [-0.05, 0) is 44.0 Å². The van der Waals surface area contributed by atoms with Gasteiger partial charge in [0.1, 0.15) is 17.3 Å². The van der Waals surface area contributed by atoms with Crippen LogP contribution < -0.4 is 5.73 Å². The number of furan rings is 1. The summed E-state index contributed by atoms with van der Waals surface area (Å²) in [5.74, 6) is 1.50. The molecule has 2 nitrogen and oxygen atoms in total. The van der Waals surface area contributed by atoms with E-state index in [4.69, 9.17) is 10.2 Å². The molecule has 0 aliphatic carbocycles. The van der Waals surface area contributed by atoms with Crippen molar-refractivity contribution in [2.75, 3.05) is 0 Å². The van der Waals surface area contributed by atoms with Crippen LogP contribution in [0, 0.1) is 19.7 Å². The van der Waals surface area contributed by atoms with Gasteiger partial charge in [-0.15, -0.1) is 0 Å². The molecule has 0 aliphatic heterocycles. The number of aryl methyl sites for hydroxylation is 2. The van der Waals surface area contributed by atoms with Crippen LogP contribution in [-0.4, -0.2) is 0 Å². The Morgan fingerprint density at radius 1 is 1.24 bits per heavy atom. The highest BCUT2D eigenvalue weighted by molar-refractivity contribution is 5.27. The van der Waals surface area contributed by atoms with Crippen LogP contribution >= 0.6 is 0 Å². The minimum Gasteiger partial charge on any atom is -0.466 e. The smallest absolute Gasteiger partial charge is 0.123 e. The van der Waals surface area contributed by atoms with Gasteiger partial charge in [0.2, 0.25) is 0 Å². The molecular formula is C14H16FNO. The fourth-order valence-electron chi connectivity index (χ4n) is 2.00. The molecule has 1 heterocycles. The zero-order valence-electron chi connectivity index (χ0n) is 10.0. The Labute approximate surface area is 100 Å². The van der Waals surface area contributed by atoms with Crippen molar-refractivity contribution < 1.29 is 8.81 Å². The Morgan fingerprint density at radius 2 is 1.88 bits per heavy atom. The lowest BCUT2D eigenvalue weighted by molar-refractivity contribution is 0.497. The van der Waals surface area contributed by atoms with Crippen molar-refractivity contribution in [1.82, 2.24) is 0 Å². The van der Waals surface area contributed by atoms with E-state index in [2.05, 4.69) is 0 Å². The zero-order chi connectivity index (χ0) is 12.4. The van der Waals surface area contributed by atoms with E-state index in [0.717, 1.165) is 22.6 Å². The van der Waals surface area contributed by atoms with Crippen LogP contribution in [0.4, 0.5) is 4.39 Å². The van der Waals surface area contributed by atoms with Gasteiger partial charge in [-0.3, -0.25) is 0 Å². The summed E-state index contributed by atoms with van der Waals surface area (Å²) in [7, 11) is 0. The van der Waals surface area contributed by atoms with E-state index in [0.29, 0.717) is 6.42 Å². The summed E-state index contributed by atoms with van der Waals surface area (Å²) >= 11 is 0. The predicted molar refractivity (Wildman–Crippen MR) is 65.2 cm³/mol. The molecule has 3 heteroatoms. The van der Waals surface area contributed by atoms with Crippen molar-refractivity contribution in [3.05, 3.63) is 58.8 Å². The van der Waals surface area contributed by atoms with Gasteiger partial charge in [0.15, 0.2) is 0 Å². The fraction of sp³-hybridized carbons (Fsp3) is 0.286. The van der Waals surface area contributed by atoms with E-state index in [1.807, 2.05) is 19.9 Å². The molecule has 0 aliphatic rings. The molecule has 17 heavy (non-hydrogen) atoms. The van der Waals surface area contributed by atoms with Crippen LogP contribution in [0.5, 0.6) is 0 Å². The zero-order valence-corrected chi connectivity index (χ0v) is 10.0. The maximum atomic E-state index is 12.8. The lowest BCUT2D eigenvalue weighted by Crippen LogP contribution is -2.13. The number of halogens is 1. The molecule has 0 amide bonds. The van der Waals surface area contributed by atoms with Gasteiger partial charge in [0, 0.05) is 11.6 Å². The van der Waals surface area contributed by atoms with Crippen LogP contribution in [0.25, 0.3) is 0 Å². The van der Waals surface area contributed by atoms with Crippen molar-refractivity contribution in [2.45, 2.75) is 26.3 Å². The highest BCUT2D eigenvalue weighted by Crippen LogP contribution is 2.22. The first kappa shape index (κ1) is 11.9. The summed E-state index contributed by atoms with van der Waals surface area (Å²) in [5.41, 5.74) is 8.17. The molecule has 0 fully saturated rings. The van der Waals surface area contributed by atoms with E-state index < -0.39 is 0 Å². The SMILES string of the molecule is Cc1cc(C(N)Cc2ccc(F)cc2)c(C)o1. The molecule has 1 unspecified atom stereocenters. The number of rotatable bonds is 3. The van der Waals surface area contributed by atoms with Crippen LogP contribution in [0.1, 0.15) is 28.7 Å². The number of benzene rings is 1. The van der Waals surface area contributed by atoms with Gasteiger partial charge < -0.3 is 10.2 Å². The summed E-state index contributed by atoms with van der Waals surface area (Å²) < 4.78 is 18.2. The van der Waals surface area contributed by atoms with Gasteiger partial charge in [-0.1, -0.05) is 12.1 Å². The molecule has 0 saturated heterocycles. The number of hydrogen-bond acceptors (Lipinski definition) is 2. The van der Waals surface area contributed by atoms with Gasteiger partial charge in [0.25, 0.3) is 0 Å². The Balaban J connectivity index is 2.14. The molecule has 1 aromatic carbocycles. The molecular weight excluding hydrogens is 217 g/mol. The third kappa shape index (κ3) is 2.74. The molecule has 2 N–H and O–H groups in total. The summed E-state index contributed by atoms with van der Waals surface area (Å²) in [6.07, 6.45) is 0.681. The molecule has 0 bridgehead atoms. The van der Waals surface area contributed by atoms with Crippen molar-refractivity contribution in [3.8, 4) is 0 Å². The second-order valence-electron chi connectivity index (χ2n) is 4.31. The highest BCUT2D eigenvalue weighted by atomic mass is 19.1. The van der Waals surface area contributed by atoms with Crippen molar-refractivity contribution >= 4 is 0 Å². The molecule has 2 rings (SSSR count). The largest absolute Gasteiger partial charge is 0.466 e. The maximum absolute atomic E-state index is 12.8. The average Bonchev–Trinajstić information content (AvgIpc) is 2.61. The Bertz CT molecular complexity index is 501. The third-order valence-corrected chi connectivity index (χ3v) is 2.85. The average molecular weight is 233 g/mol. The van der Waals surface area contributed by atoms with Gasteiger partial charge in [-0.2, -0.15) is 0 Å². The molecule has 0 spiro atoms. The van der Waals surface area contributed by atoms with Gasteiger partial charge in [0.05, 0.1) is 0 Å². The van der Waals surface area contributed by atoms with E-state index in [-0.39, 0.29) is 11.9 Å². The predicted octanol–water partition coefficient (Wildman–Crippen LogP) is 3.28. The minimum atomic E-state index is -0.224. The summed E-state index contributed by atoms with van der Waals surface area (Å²) in [4.78, 5) is 0. The first-order valence-corrected chi connectivity index (χ1v) is 5.63. The normalized spacial score (nSPS) is 12.7. The van der Waals surface area contributed by atoms with E-state index in [9.17, 15) is 4.39 Å². The van der Waals surface area contributed by atoms with Crippen molar-refractivity contribution in [3.63, 3.8) is 0 Å². The molecule has 1 aromatic heterocycles. The number of nitrogens with two attached hydrogens (primary N) is 1. The van der Waals surface area contributed by atoms with Crippen LogP contribution in [0.15, 0.2) is 34.7 Å². The molecule has 2 aromatic rings. The summed E-state index contributed by atoms with van der Waals surface area (Å²) in [6, 6.07) is 8.28. The monoisotopic (exact) mass is 233 g/mol. The summed E-state index contributed by atoms with van der Waals surface area (Å²) in [5, 5.41) is 0. The second kappa shape index (κ2) is 4.72. The first-order valence-electron chi connectivity index (χ1n) is 5.63. The van der Waals surface area contributed by atoms with E-state index in [1.165, 1.54) is 12.1 Å².